The standard InChI is InChI=1S/C16H23N3O2/c1-10(15(21)19-16(2,3)4)17-12-6-7-13-11(9-12)5-8-14(20)18-13/h6-7,9-10,17H,5,8H2,1-4H3,(H,18,20)(H,19,21)/t10-/m1/s1. The molecule has 0 saturated carbocycles. The molecule has 0 radical (unpaired) electrons. The first-order valence-electron chi connectivity index (χ1n) is 7.26. The summed E-state index contributed by atoms with van der Waals surface area (Å²) in [4.78, 5) is 23.4. The van der Waals surface area contributed by atoms with E-state index in [0.29, 0.717) is 6.42 Å². The Kier molecular flexibility index (Phi) is 4.21. The van der Waals surface area contributed by atoms with Crippen LogP contribution in [0.2, 0.25) is 0 Å². The van der Waals surface area contributed by atoms with Gasteiger partial charge >= 0.3 is 0 Å². The molecular weight excluding hydrogens is 266 g/mol. The van der Waals surface area contributed by atoms with Crippen molar-refractivity contribution in [1.29, 1.82) is 0 Å². The molecule has 3 N–H and O–H groups in total. The summed E-state index contributed by atoms with van der Waals surface area (Å²) in [6.45, 7) is 7.71. The molecule has 1 aliphatic rings. The highest BCUT2D eigenvalue weighted by Gasteiger charge is 2.20. The van der Waals surface area contributed by atoms with Crippen molar-refractivity contribution in [3.8, 4) is 0 Å². The van der Waals surface area contributed by atoms with Gasteiger partial charge in [0.05, 0.1) is 0 Å². The van der Waals surface area contributed by atoms with E-state index in [1.807, 2.05) is 45.9 Å². The first-order valence-corrected chi connectivity index (χ1v) is 7.26. The summed E-state index contributed by atoms with van der Waals surface area (Å²) in [6.07, 6.45) is 1.25. The van der Waals surface area contributed by atoms with Gasteiger partial charge < -0.3 is 16.0 Å². The molecule has 0 aliphatic carbocycles. The molecule has 1 aliphatic heterocycles. The molecule has 5 heteroatoms. The Bertz CT molecular complexity index is 561. The molecule has 0 spiro atoms. The normalized spacial score (nSPS) is 15.7. The molecule has 1 atom stereocenters. The Hall–Kier alpha value is -2.04. The number of rotatable bonds is 3. The molecule has 21 heavy (non-hydrogen) atoms. The fourth-order valence-electron chi connectivity index (χ4n) is 2.27. The van der Waals surface area contributed by atoms with Crippen LogP contribution in [0.5, 0.6) is 0 Å². The Balaban J connectivity index is 2.03. The highest BCUT2D eigenvalue weighted by atomic mass is 16.2. The highest BCUT2D eigenvalue weighted by molar-refractivity contribution is 5.94. The van der Waals surface area contributed by atoms with Crippen LogP contribution in [0, 0.1) is 0 Å². The summed E-state index contributed by atoms with van der Waals surface area (Å²) >= 11 is 0. The number of amides is 2. The monoisotopic (exact) mass is 289 g/mol. The predicted octanol–water partition coefficient (Wildman–Crippen LogP) is 2.29. The predicted molar refractivity (Wildman–Crippen MR) is 84.4 cm³/mol. The molecule has 0 bridgehead atoms. The number of carbonyl (C=O) groups is 2. The van der Waals surface area contributed by atoms with Crippen molar-refractivity contribution in [2.45, 2.75) is 52.1 Å². The van der Waals surface area contributed by atoms with Crippen LogP contribution in [0.1, 0.15) is 39.7 Å². The van der Waals surface area contributed by atoms with Gasteiger partial charge in [0.25, 0.3) is 0 Å². The zero-order valence-electron chi connectivity index (χ0n) is 13.0. The van der Waals surface area contributed by atoms with Crippen LogP contribution >= 0.6 is 0 Å². The van der Waals surface area contributed by atoms with E-state index in [4.69, 9.17) is 0 Å². The number of benzene rings is 1. The largest absolute Gasteiger partial charge is 0.374 e. The first-order chi connectivity index (χ1) is 9.74. The van der Waals surface area contributed by atoms with Crippen LogP contribution in [0.25, 0.3) is 0 Å². The first kappa shape index (κ1) is 15.4. The van der Waals surface area contributed by atoms with E-state index >= 15 is 0 Å². The van der Waals surface area contributed by atoms with Gasteiger partial charge in [-0.15, -0.1) is 0 Å². The van der Waals surface area contributed by atoms with E-state index in [2.05, 4.69) is 16.0 Å². The lowest BCUT2D eigenvalue weighted by molar-refractivity contribution is -0.123. The molecule has 0 unspecified atom stereocenters. The van der Waals surface area contributed by atoms with Crippen molar-refractivity contribution in [3.05, 3.63) is 23.8 Å². The van der Waals surface area contributed by atoms with Crippen molar-refractivity contribution >= 4 is 23.2 Å². The number of fused-ring (bicyclic) bond motifs is 1. The Morgan fingerprint density at radius 2 is 2.00 bits per heavy atom. The van der Waals surface area contributed by atoms with Crippen molar-refractivity contribution < 1.29 is 9.59 Å². The SMILES string of the molecule is C[C@@H](Nc1ccc2c(c1)CCC(=O)N2)C(=O)NC(C)(C)C. The van der Waals surface area contributed by atoms with Crippen LogP contribution < -0.4 is 16.0 Å². The summed E-state index contributed by atoms with van der Waals surface area (Å²) in [5.74, 6) is 0.0228. The van der Waals surface area contributed by atoms with Crippen LogP contribution in [0.15, 0.2) is 18.2 Å². The average Bonchev–Trinajstić information content (AvgIpc) is 2.37. The molecule has 114 valence electrons. The van der Waals surface area contributed by atoms with Gasteiger partial charge in [-0.3, -0.25) is 9.59 Å². The molecule has 0 saturated heterocycles. The van der Waals surface area contributed by atoms with Crippen LogP contribution in [0.4, 0.5) is 11.4 Å². The van der Waals surface area contributed by atoms with Gasteiger partial charge in [-0.25, -0.2) is 0 Å². The van der Waals surface area contributed by atoms with Gasteiger partial charge in [0.2, 0.25) is 11.8 Å². The van der Waals surface area contributed by atoms with Gasteiger partial charge in [0.1, 0.15) is 6.04 Å². The Labute approximate surface area is 125 Å². The number of aryl methyl sites for hydroxylation is 1. The number of anilines is 2. The van der Waals surface area contributed by atoms with E-state index in [9.17, 15) is 9.59 Å². The van der Waals surface area contributed by atoms with E-state index in [1.165, 1.54) is 0 Å². The smallest absolute Gasteiger partial charge is 0.242 e. The lowest BCUT2D eigenvalue weighted by Gasteiger charge is -2.24. The Morgan fingerprint density at radius 3 is 2.67 bits per heavy atom. The zero-order valence-corrected chi connectivity index (χ0v) is 13.0. The van der Waals surface area contributed by atoms with E-state index in [1.54, 1.807) is 0 Å². The van der Waals surface area contributed by atoms with Gasteiger partial charge in [0.15, 0.2) is 0 Å². The van der Waals surface area contributed by atoms with E-state index in [-0.39, 0.29) is 23.4 Å². The van der Waals surface area contributed by atoms with E-state index in [0.717, 1.165) is 23.4 Å². The maximum Gasteiger partial charge on any atom is 0.242 e. The van der Waals surface area contributed by atoms with Crippen molar-refractivity contribution in [2.24, 2.45) is 0 Å². The van der Waals surface area contributed by atoms with Gasteiger partial charge in [-0.2, -0.15) is 0 Å². The summed E-state index contributed by atoms with van der Waals surface area (Å²) in [6, 6.07) is 5.43. The van der Waals surface area contributed by atoms with Crippen molar-refractivity contribution in [3.63, 3.8) is 0 Å². The summed E-state index contributed by atoms with van der Waals surface area (Å²) < 4.78 is 0. The second-order valence-electron chi connectivity index (χ2n) is 6.53. The minimum Gasteiger partial charge on any atom is -0.374 e. The van der Waals surface area contributed by atoms with Crippen LogP contribution in [-0.4, -0.2) is 23.4 Å². The van der Waals surface area contributed by atoms with Gasteiger partial charge in [0, 0.05) is 23.3 Å². The highest BCUT2D eigenvalue weighted by Crippen LogP contribution is 2.25. The Morgan fingerprint density at radius 1 is 1.29 bits per heavy atom. The second-order valence-corrected chi connectivity index (χ2v) is 6.53. The molecule has 1 aromatic carbocycles. The van der Waals surface area contributed by atoms with Gasteiger partial charge in [-0.05, 0) is 57.9 Å². The zero-order chi connectivity index (χ0) is 15.6. The maximum atomic E-state index is 12.1. The fourth-order valence-corrected chi connectivity index (χ4v) is 2.27. The number of hydrogen-bond donors (Lipinski definition) is 3. The summed E-state index contributed by atoms with van der Waals surface area (Å²) in [5.41, 5.74) is 2.61. The third-order valence-electron chi connectivity index (χ3n) is 3.28. The van der Waals surface area contributed by atoms with Gasteiger partial charge in [-0.1, -0.05) is 0 Å². The molecule has 2 amide bonds. The second kappa shape index (κ2) is 5.76. The van der Waals surface area contributed by atoms with Crippen molar-refractivity contribution in [1.82, 2.24) is 5.32 Å². The third-order valence-corrected chi connectivity index (χ3v) is 3.28. The lowest BCUT2D eigenvalue weighted by Crippen LogP contribution is -2.47. The number of carbonyl (C=O) groups excluding carboxylic acids is 2. The molecule has 0 aromatic heterocycles. The molecule has 0 fully saturated rings. The molecule has 5 nitrogen and oxygen atoms in total. The maximum absolute atomic E-state index is 12.1. The quantitative estimate of drug-likeness (QED) is 0.799. The molecule has 1 aromatic rings. The summed E-state index contributed by atoms with van der Waals surface area (Å²) in [7, 11) is 0. The summed E-state index contributed by atoms with van der Waals surface area (Å²) in [5, 5.41) is 9.00. The molecule has 1 heterocycles. The minimum absolute atomic E-state index is 0.0338. The lowest BCUT2D eigenvalue weighted by atomic mass is 10.0. The topological polar surface area (TPSA) is 70.2 Å². The van der Waals surface area contributed by atoms with E-state index < -0.39 is 0 Å². The molecule has 2 rings (SSSR count). The number of hydrogen-bond acceptors (Lipinski definition) is 3. The average molecular weight is 289 g/mol. The molecular formula is C16H23N3O2. The third kappa shape index (κ3) is 4.21. The minimum atomic E-state index is -0.319. The fraction of sp³-hybridized carbons (Fsp3) is 0.500. The van der Waals surface area contributed by atoms with Crippen LogP contribution in [-0.2, 0) is 16.0 Å². The van der Waals surface area contributed by atoms with Crippen molar-refractivity contribution in [2.75, 3.05) is 10.6 Å². The van der Waals surface area contributed by atoms with Crippen LogP contribution in [0.3, 0.4) is 0 Å². The number of nitrogens with one attached hydrogen (secondary N) is 3.